The molecule has 4 rings (SSSR count). The number of aromatic nitrogens is 3. The van der Waals surface area contributed by atoms with Crippen LogP contribution >= 0.6 is 23.2 Å². The molecule has 0 amide bonds. The Kier molecular flexibility index (Phi) is 3.84. The molecule has 0 unspecified atom stereocenters. The van der Waals surface area contributed by atoms with E-state index in [1.54, 1.807) is 18.3 Å². The van der Waals surface area contributed by atoms with Gasteiger partial charge < -0.3 is 9.40 Å². The number of nitrogens with zero attached hydrogens (tertiary/aromatic N) is 2. The van der Waals surface area contributed by atoms with Crippen LogP contribution in [0.1, 0.15) is 0 Å². The zero-order valence-electron chi connectivity index (χ0n) is 12.3. The predicted octanol–water partition coefficient (Wildman–Crippen LogP) is 5.71. The van der Waals surface area contributed by atoms with Gasteiger partial charge in [0.1, 0.15) is 0 Å². The number of oxazole rings is 1. The van der Waals surface area contributed by atoms with Crippen molar-refractivity contribution in [2.75, 3.05) is 0 Å². The van der Waals surface area contributed by atoms with E-state index in [1.165, 1.54) is 6.39 Å². The van der Waals surface area contributed by atoms with Gasteiger partial charge in [0.05, 0.1) is 10.7 Å². The van der Waals surface area contributed by atoms with Gasteiger partial charge in [-0.1, -0.05) is 53.5 Å². The van der Waals surface area contributed by atoms with E-state index in [-0.39, 0.29) is 0 Å². The maximum absolute atomic E-state index is 6.25. The molecular weight excluding hydrogens is 345 g/mol. The zero-order valence-corrected chi connectivity index (χ0v) is 13.8. The Hall–Kier alpha value is -2.56. The third-order valence-corrected chi connectivity index (χ3v) is 4.16. The normalized spacial score (nSPS) is 10.9. The van der Waals surface area contributed by atoms with Gasteiger partial charge in [0, 0.05) is 22.3 Å². The predicted molar refractivity (Wildman–Crippen MR) is 95.0 cm³/mol. The molecule has 24 heavy (non-hydrogen) atoms. The molecular formula is C18H11Cl2N3O. The Bertz CT molecular complexity index is 992. The molecule has 4 nitrogen and oxygen atoms in total. The number of aromatic amines is 1. The van der Waals surface area contributed by atoms with Crippen molar-refractivity contribution in [2.45, 2.75) is 0 Å². The van der Waals surface area contributed by atoms with Crippen LogP contribution in [-0.4, -0.2) is 15.0 Å². The van der Waals surface area contributed by atoms with E-state index in [9.17, 15) is 0 Å². The summed E-state index contributed by atoms with van der Waals surface area (Å²) in [6, 6.07) is 15.1. The summed E-state index contributed by atoms with van der Waals surface area (Å²) in [6.07, 6.45) is 3.20. The van der Waals surface area contributed by atoms with Crippen LogP contribution in [0.15, 0.2) is 65.5 Å². The maximum Gasteiger partial charge on any atom is 0.182 e. The molecule has 4 aromatic rings. The molecule has 1 N–H and O–H groups in total. The quantitative estimate of drug-likeness (QED) is 0.512. The fourth-order valence-corrected chi connectivity index (χ4v) is 2.99. The molecule has 2 heterocycles. The molecule has 0 aliphatic carbocycles. The number of halogens is 2. The third-order valence-electron chi connectivity index (χ3n) is 3.61. The van der Waals surface area contributed by atoms with Gasteiger partial charge in [-0.05, 0) is 18.2 Å². The van der Waals surface area contributed by atoms with Crippen molar-refractivity contribution in [3.8, 4) is 34.1 Å². The van der Waals surface area contributed by atoms with Crippen molar-refractivity contribution in [1.82, 2.24) is 15.0 Å². The Labute approximate surface area is 148 Å². The number of imidazole rings is 1. The molecule has 0 fully saturated rings. The van der Waals surface area contributed by atoms with Gasteiger partial charge in [-0.2, -0.15) is 0 Å². The highest BCUT2D eigenvalue weighted by molar-refractivity contribution is 6.36. The van der Waals surface area contributed by atoms with E-state index in [2.05, 4.69) is 15.0 Å². The molecule has 2 aromatic heterocycles. The lowest BCUT2D eigenvalue weighted by Crippen LogP contribution is -1.85. The number of nitrogens with one attached hydrogen (secondary N) is 1. The molecule has 0 atom stereocenters. The van der Waals surface area contributed by atoms with Crippen molar-refractivity contribution < 1.29 is 4.42 Å². The fourth-order valence-electron chi connectivity index (χ4n) is 2.49. The minimum Gasteiger partial charge on any atom is -0.443 e. The van der Waals surface area contributed by atoms with E-state index in [4.69, 9.17) is 27.6 Å². The van der Waals surface area contributed by atoms with Crippen LogP contribution in [0.5, 0.6) is 0 Å². The summed E-state index contributed by atoms with van der Waals surface area (Å²) < 4.78 is 5.54. The van der Waals surface area contributed by atoms with E-state index >= 15 is 0 Å². The third kappa shape index (κ3) is 2.70. The number of benzene rings is 2. The van der Waals surface area contributed by atoms with Crippen molar-refractivity contribution in [2.24, 2.45) is 0 Å². The molecule has 6 heteroatoms. The molecule has 118 valence electrons. The minimum atomic E-state index is 0.545. The highest BCUT2D eigenvalue weighted by Crippen LogP contribution is 2.33. The van der Waals surface area contributed by atoms with Crippen LogP contribution < -0.4 is 0 Å². The van der Waals surface area contributed by atoms with Gasteiger partial charge in [-0.15, -0.1) is 0 Å². The van der Waals surface area contributed by atoms with Gasteiger partial charge in [0.15, 0.2) is 23.7 Å². The monoisotopic (exact) mass is 355 g/mol. The SMILES string of the molecule is Clc1ccc(-c2c[nH]c(-c3ncoc3-c3ccccc3)n2)c(Cl)c1. The summed E-state index contributed by atoms with van der Waals surface area (Å²) in [5.41, 5.74) is 3.10. The van der Waals surface area contributed by atoms with Crippen molar-refractivity contribution in [3.05, 3.63) is 71.2 Å². The summed E-state index contributed by atoms with van der Waals surface area (Å²) >= 11 is 12.2. The van der Waals surface area contributed by atoms with Gasteiger partial charge in [-0.3, -0.25) is 0 Å². The van der Waals surface area contributed by atoms with Crippen LogP contribution in [0, 0.1) is 0 Å². The average Bonchev–Trinajstić information content (AvgIpc) is 3.24. The smallest absolute Gasteiger partial charge is 0.182 e. The molecule has 2 aromatic carbocycles. The Morgan fingerprint density at radius 2 is 1.83 bits per heavy atom. The van der Waals surface area contributed by atoms with Gasteiger partial charge in [0.25, 0.3) is 0 Å². The second-order valence-electron chi connectivity index (χ2n) is 5.15. The molecule has 0 radical (unpaired) electrons. The Balaban J connectivity index is 1.76. The molecule has 0 bridgehead atoms. The van der Waals surface area contributed by atoms with Gasteiger partial charge >= 0.3 is 0 Å². The van der Waals surface area contributed by atoms with Crippen LogP contribution in [-0.2, 0) is 0 Å². The summed E-state index contributed by atoms with van der Waals surface area (Å²) in [7, 11) is 0. The Morgan fingerprint density at radius 1 is 1.00 bits per heavy atom. The van der Waals surface area contributed by atoms with Crippen LogP contribution in [0.2, 0.25) is 10.0 Å². The lowest BCUT2D eigenvalue weighted by Gasteiger charge is -2.01. The summed E-state index contributed by atoms with van der Waals surface area (Å²) in [6.45, 7) is 0. The maximum atomic E-state index is 6.25. The highest BCUT2D eigenvalue weighted by atomic mass is 35.5. The molecule has 0 aliphatic rings. The summed E-state index contributed by atoms with van der Waals surface area (Å²) in [4.78, 5) is 12.0. The number of H-pyrrole nitrogens is 1. The first kappa shape index (κ1) is 15.0. The topological polar surface area (TPSA) is 54.7 Å². The van der Waals surface area contributed by atoms with Crippen LogP contribution in [0.4, 0.5) is 0 Å². The first-order valence-electron chi connectivity index (χ1n) is 7.22. The number of hydrogen-bond acceptors (Lipinski definition) is 3. The zero-order chi connectivity index (χ0) is 16.5. The summed E-state index contributed by atoms with van der Waals surface area (Å²) in [5, 5.41) is 1.13. The van der Waals surface area contributed by atoms with Crippen LogP contribution in [0.25, 0.3) is 34.1 Å². The first-order chi connectivity index (χ1) is 11.7. The standard InChI is InChI=1S/C18H11Cl2N3O/c19-12-6-7-13(14(20)8-12)15-9-21-18(23-15)16-17(24-10-22-16)11-4-2-1-3-5-11/h1-10H,(H,21,23). The molecule has 0 saturated heterocycles. The van der Waals surface area contributed by atoms with Crippen molar-refractivity contribution in [1.29, 1.82) is 0 Å². The molecule has 0 spiro atoms. The Morgan fingerprint density at radius 3 is 2.62 bits per heavy atom. The van der Waals surface area contributed by atoms with Crippen molar-refractivity contribution in [3.63, 3.8) is 0 Å². The molecule has 0 saturated carbocycles. The van der Waals surface area contributed by atoms with Crippen molar-refractivity contribution >= 4 is 23.2 Å². The van der Waals surface area contributed by atoms with E-state index in [0.29, 0.717) is 33.0 Å². The minimum absolute atomic E-state index is 0.545. The first-order valence-corrected chi connectivity index (χ1v) is 7.98. The van der Waals surface area contributed by atoms with Gasteiger partial charge in [-0.25, -0.2) is 9.97 Å². The number of hydrogen-bond donors (Lipinski definition) is 1. The van der Waals surface area contributed by atoms with E-state index in [1.807, 2.05) is 36.4 Å². The van der Waals surface area contributed by atoms with Gasteiger partial charge in [0.2, 0.25) is 0 Å². The average molecular weight is 356 g/mol. The number of rotatable bonds is 3. The van der Waals surface area contributed by atoms with E-state index < -0.39 is 0 Å². The highest BCUT2D eigenvalue weighted by Gasteiger charge is 2.17. The lowest BCUT2D eigenvalue weighted by molar-refractivity contribution is 0.572. The van der Waals surface area contributed by atoms with Crippen LogP contribution in [0.3, 0.4) is 0 Å². The fraction of sp³-hybridized carbons (Fsp3) is 0. The molecule has 0 aliphatic heterocycles. The summed E-state index contributed by atoms with van der Waals surface area (Å²) in [5.74, 6) is 1.28. The second-order valence-corrected chi connectivity index (χ2v) is 6.00. The van der Waals surface area contributed by atoms with E-state index in [0.717, 1.165) is 11.1 Å². The largest absolute Gasteiger partial charge is 0.443 e. The lowest BCUT2D eigenvalue weighted by atomic mass is 10.1. The second kappa shape index (κ2) is 6.15.